The van der Waals surface area contributed by atoms with Gasteiger partial charge in [-0.15, -0.1) is 0 Å². The van der Waals surface area contributed by atoms with Crippen molar-refractivity contribution in [2.75, 3.05) is 13.2 Å². The molecule has 0 aliphatic heterocycles. The molecule has 0 atom stereocenters. The van der Waals surface area contributed by atoms with E-state index in [1.165, 1.54) is 0 Å². The summed E-state index contributed by atoms with van der Waals surface area (Å²) in [5, 5.41) is 0. The highest BCUT2D eigenvalue weighted by atomic mass is 16.9. The monoisotopic (exact) mass is 291 g/mol. The SMILES string of the molecule is C=C(C)C(=O)OC(CCc1cc[c]cc1)(OCC)OCC. The number of benzene rings is 1. The standard InChI is InChI=1S/C17H23O4/c1-5-19-17(20-6-2,21-16(18)14(3)4)13-12-15-10-8-7-9-11-15/h8-11H,3,5-6,12-13H2,1-2,4H3. The maximum Gasteiger partial charge on any atom is 0.337 e. The molecule has 0 spiro atoms. The molecule has 1 aromatic carbocycles. The van der Waals surface area contributed by atoms with Gasteiger partial charge in [0.1, 0.15) is 0 Å². The Labute approximate surface area is 126 Å². The number of rotatable bonds is 9. The topological polar surface area (TPSA) is 44.8 Å². The summed E-state index contributed by atoms with van der Waals surface area (Å²) in [6.07, 6.45) is 1.08. The predicted octanol–water partition coefficient (Wildman–Crippen LogP) is 3.27. The third-order valence-corrected chi connectivity index (χ3v) is 2.83. The lowest BCUT2D eigenvalue weighted by Crippen LogP contribution is -2.42. The zero-order valence-electron chi connectivity index (χ0n) is 13.0. The molecule has 21 heavy (non-hydrogen) atoms. The largest absolute Gasteiger partial charge is 0.404 e. The number of carbonyl (C=O) groups excluding carboxylic acids is 1. The first kappa shape index (κ1) is 17.4. The summed E-state index contributed by atoms with van der Waals surface area (Å²) in [5.41, 5.74) is 1.41. The Hall–Kier alpha value is -1.65. The van der Waals surface area contributed by atoms with Gasteiger partial charge in [-0.25, -0.2) is 4.79 Å². The van der Waals surface area contributed by atoms with Crippen LogP contribution in [-0.4, -0.2) is 25.2 Å². The summed E-state index contributed by atoms with van der Waals surface area (Å²) in [4.78, 5) is 11.8. The second-order valence-corrected chi connectivity index (χ2v) is 4.63. The van der Waals surface area contributed by atoms with Crippen molar-refractivity contribution >= 4 is 5.97 Å². The lowest BCUT2D eigenvalue weighted by Gasteiger charge is -2.32. The zero-order chi connectivity index (χ0) is 15.7. The van der Waals surface area contributed by atoms with Gasteiger partial charge in [0.2, 0.25) is 0 Å². The molecule has 0 fully saturated rings. The van der Waals surface area contributed by atoms with Gasteiger partial charge in [-0.05, 0) is 38.8 Å². The molecular formula is C17H23O4. The Kier molecular flexibility index (Phi) is 7.12. The van der Waals surface area contributed by atoms with Crippen molar-refractivity contribution < 1.29 is 19.0 Å². The highest BCUT2D eigenvalue weighted by molar-refractivity contribution is 5.87. The number of esters is 1. The van der Waals surface area contributed by atoms with Crippen LogP contribution in [0.3, 0.4) is 0 Å². The van der Waals surface area contributed by atoms with Gasteiger partial charge < -0.3 is 14.2 Å². The molecule has 1 rings (SSSR count). The van der Waals surface area contributed by atoms with E-state index in [4.69, 9.17) is 14.2 Å². The first-order chi connectivity index (χ1) is 10.0. The van der Waals surface area contributed by atoms with Crippen molar-refractivity contribution in [2.24, 2.45) is 0 Å². The van der Waals surface area contributed by atoms with Crippen LogP contribution in [0.5, 0.6) is 0 Å². The Morgan fingerprint density at radius 2 is 1.81 bits per heavy atom. The molecule has 4 nitrogen and oxygen atoms in total. The predicted molar refractivity (Wildman–Crippen MR) is 80.5 cm³/mol. The molecule has 1 radical (unpaired) electrons. The van der Waals surface area contributed by atoms with E-state index < -0.39 is 11.9 Å². The van der Waals surface area contributed by atoms with Gasteiger partial charge in [0.15, 0.2) is 0 Å². The van der Waals surface area contributed by atoms with E-state index in [0.29, 0.717) is 31.6 Å². The first-order valence-corrected chi connectivity index (χ1v) is 7.14. The summed E-state index contributed by atoms with van der Waals surface area (Å²) < 4.78 is 16.6. The molecule has 0 saturated heterocycles. The molecule has 0 unspecified atom stereocenters. The van der Waals surface area contributed by atoms with Crippen LogP contribution in [0.25, 0.3) is 0 Å². The average molecular weight is 291 g/mol. The molecule has 0 N–H and O–H groups in total. The van der Waals surface area contributed by atoms with E-state index >= 15 is 0 Å². The van der Waals surface area contributed by atoms with Crippen molar-refractivity contribution in [3.8, 4) is 0 Å². The normalized spacial score (nSPS) is 11.2. The molecule has 0 saturated carbocycles. The highest BCUT2D eigenvalue weighted by Crippen LogP contribution is 2.24. The number of hydrogen-bond acceptors (Lipinski definition) is 4. The zero-order valence-corrected chi connectivity index (χ0v) is 13.0. The fourth-order valence-corrected chi connectivity index (χ4v) is 1.85. The lowest BCUT2D eigenvalue weighted by molar-refractivity contribution is -0.361. The van der Waals surface area contributed by atoms with E-state index in [0.717, 1.165) is 5.56 Å². The minimum atomic E-state index is -1.36. The molecular weight excluding hydrogens is 268 g/mol. The smallest absolute Gasteiger partial charge is 0.337 e. The van der Waals surface area contributed by atoms with Crippen LogP contribution in [0, 0.1) is 6.07 Å². The van der Waals surface area contributed by atoms with Crippen molar-refractivity contribution in [1.82, 2.24) is 0 Å². The van der Waals surface area contributed by atoms with E-state index in [9.17, 15) is 4.79 Å². The molecule has 0 bridgehead atoms. The third-order valence-electron chi connectivity index (χ3n) is 2.83. The van der Waals surface area contributed by atoms with Crippen molar-refractivity contribution in [1.29, 1.82) is 0 Å². The van der Waals surface area contributed by atoms with Gasteiger partial charge in [-0.2, -0.15) is 0 Å². The van der Waals surface area contributed by atoms with Crippen molar-refractivity contribution in [2.45, 2.75) is 39.6 Å². The fraction of sp³-hybridized carbons (Fsp3) is 0.471. The van der Waals surface area contributed by atoms with Crippen LogP contribution >= 0.6 is 0 Å². The number of carbonyl (C=O) groups is 1. The maximum absolute atomic E-state index is 11.8. The molecule has 0 amide bonds. The number of aryl methyl sites for hydroxylation is 1. The Balaban J connectivity index is 2.83. The second kappa shape index (κ2) is 8.60. The van der Waals surface area contributed by atoms with Gasteiger partial charge in [0.25, 0.3) is 0 Å². The highest BCUT2D eigenvalue weighted by Gasteiger charge is 2.36. The molecule has 1 aromatic rings. The Morgan fingerprint density at radius 3 is 2.29 bits per heavy atom. The Morgan fingerprint density at radius 1 is 1.24 bits per heavy atom. The summed E-state index contributed by atoms with van der Waals surface area (Å²) in [6.45, 7) is 9.61. The van der Waals surface area contributed by atoms with Crippen molar-refractivity contribution in [3.05, 3.63) is 48.0 Å². The minimum Gasteiger partial charge on any atom is -0.404 e. The van der Waals surface area contributed by atoms with E-state index in [2.05, 4.69) is 12.6 Å². The maximum atomic E-state index is 11.8. The van der Waals surface area contributed by atoms with Crippen LogP contribution in [0.1, 0.15) is 32.8 Å². The van der Waals surface area contributed by atoms with E-state index in [1.54, 1.807) is 6.92 Å². The molecule has 4 heteroatoms. The summed E-state index contributed by atoms with van der Waals surface area (Å²) in [5.74, 6) is -1.88. The molecule has 115 valence electrons. The van der Waals surface area contributed by atoms with Gasteiger partial charge >= 0.3 is 11.9 Å². The van der Waals surface area contributed by atoms with Crippen molar-refractivity contribution in [3.63, 3.8) is 0 Å². The number of hydrogen-bond donors (Lipinski definition) is 0. The van der Waals surface area contributed by atoms with Gasteiger partial charge in [-0.3, -0.25) is 0 Å². The summed E-state index contributed by atoms with van der Waals surface area (Å²) in [6, 6.07) is 10.6. The summed E-state index contributed by atoms with van der Waals surface area (Å²) in [7, 11) is 0. The summed E-state index contributed by atoms with van der Waals surface area (Å²) >= 11 is 0. The van der Waals surface area contributed by atoms with Gasteiger partial charge in [0, 0.05) is 12.0 Å². The Bertz CT molecular complexity index is 447. The number of ether oxygens (including phenoxy) is 3. The first-order valence-electron chi connectivity index (χ1n) is 7.14. The molecule has 0 aromatic heterocycles. The van der Waals surface area contributed by atoms with E-state index in [-0.39, 0.29) is 0 Å². The second-order valence-electron chi connectivity index (χ2n) is 4.63. The molecule has 0 aliphatic carbocycles. The van der Waals surface area contributed by atoms with Crippen LogP contribution in [0.15, 0.2) is 36.4 Å². The quantitative estimate of drug-likeness (QED) is 0.398. The van der Waals surface area contributed by atoms with E-state index in [1.807, 2.05) is 38.1 Å². The van der Waals surface area contributed by atoms with Crippen LogP contribution in [-0.2, 0) is 25.4 Å². The fourth-order valence-electron chi connectivity index (χ4n) is 1.85. The average Bonchev–Trinajstić information content (AvgIpc) is 2.47. The third kappa shape index (κ3) is 5.69. The van der Waals surface area contributed by atoms with Gasteiger partial charge in [0.05, 0.1) is 13.2 Å². The van der Waals surface area contributed by atoms with Crippen LogP contribution in [0.4, 0.5) is 0 Å². The lowest BCUT2D eigenvalue weighted by atomic mass is 10.1. The van der Waals surface area contributed by atoms with Crippen LogP contribution in [0.2, 0.25) is 0 Å². The van der Waals surface area contributed by atoms with Gasteiger partial charge in [-0.1, -0.05) is 30.8 Å². The minimum absolute atomic E-state index is 0.313. The van der Waals surface area contributed by atoms with Crippen LogP contribution < -0.4 is 0 Å². The molecule has 0 heterocycles. The molecule has 0 aliphatic rings.